The lowest BCUT2D eigenvalue weighted by molar-refractivity contribution is 0.0544. The summed E-state index contributed by atoms with van der Waals surface area (Å²) in [6, 6.07) is -0.398. The molecule has 1 atom stereocenters. The number of aromatic carboxylic acids is 1. The zero-order valence-corrected chi connectivity index (χ0v) is 11.7. The molecule has 0 saturated carbocycles. The summed E-state index contributed by atoms with van der Waals surface area (Å²) >= 11 is 0. The number of rotatable bonds is 4. The minimum absolute atomic E-state index is 0.0130. The summed E-state index contributed by atoms with van der Waals surface area (Å²) in [4.78, 5) is 37.0. The van der Waals surface area contributed by atoms with Crippen LogP contribution in [0.15, 0.2) is 11.0 Å². The molecule has 1 aliphatic heterocycles. The number of amides is 1. The Balaban J connectivity index is 2.63. The molecule has 2 N–H and O–H groups in total. The summed E-state index contributed by atoms with van der Waals surface area (Å²) in [6.45, 7) is 2.12. The molecule has 0 spiro atoms. The second kappa shape index (κ2) is 5.57. The van der Waals surface area contributed by atoms with Crippen molar-refractivity contribution in [3.05, 3.63) is 27.7 Å². The Morgan fingerprint density at radius 3 is 2.62 bits per heavy atom. The topological polar surface area (TPSA) is 109 Å². The highest BCUT2D eigenvalue weighted by Crippen LogP contribution is 2.22. The van der Waals surface area contributed by atoms with Crippen molar-refractivity contribution < 1.29 is 24.5 Å². The zero-order valence-electron chi connectivity index (χ0n) is 11.7. The number of aliphatic hydroxyl groups is 1. The second-order valence-corrected chi connectivity index (χ2v) is 4.78. The summed E-state index contributed by atoms with van der Waals surface area (Å²) in [5, 5.41) is 18.2. The molecule has 1 aromatic rings. The first kappa shape index (κ1) is 15.0. The highest BCUT2D eigenvalue weighted by atomic mass is 16.5. The summed E-state index contributed by atoms with van der Waals surface area (Å²) < 4.78 is 6.37. The molecule has 0 saturated heterocycles. The molecule has 2 heterocycles. The third-order valence-electron chi connectivity index (χ3n) is 3.51. The van der Waals surface area contributed by atoms with Crippen molar-refractivity contribution in [2.75, 3.05) is 20.3 Å². The number of methoxy groups -OCH3 is 1. The van der Waals surface area contributed by atoms with Crippen LogP contribution in [0, 0.1) is 0 Å². The molecule has 0 bridgehead atoms. The van der Waals surface area contributed by atoms with Crippen LogP contribution in [0.25, 0.3) is 0 Å². The van der Waals surface area contributed by atoms with Crippen molar-refractivity contribution in [1.29, 1.82) is 0 Å². The number of hydrogen-bond donors (Lipinski definition) is 2. The van der Waals surface area contributed by atoms with Gasteiger partial charge >= 0.3 is 5.97 Å². The van der Waals surface area contributed by atoms with E-state index in [0.29, 0.717) is 13.1 Å². The van der Waals surface area contributed by atoms with Gasteiger partial charge in [0.05, 0.1) is 19.8 Å². The first-order valence-electron chi connectivity index (χ1n) is 6.38. The number of aromatic nitrogens is 1. The first-order valence-corrected chi connectivity index (χ1v) is 6.38. The van der Waals surface area contributed by atoms with Gasteiger partial charge in [0.1, 0.15) is 5.56 Å². The predicted octanol–water partition coefficient (Wildman–Crippen LogP) is -0.608. The lowest BCUT2D eigenvalue weighted by atomic mass is 10.1. The van der Waals surface area contributed by atoms with E-state index in [-0.39, 0.29) is 18.1 Å². The number of carboxylic acid groups (broad SMARTS) is 1. The van der Waals surface area contributed by atoms with Crippen LogP contribution in [0.1, 0.15) is 27.8 Å². The Morgan fingerprint density at radius 2 is 2.10 bits per heavy atom. The highest BCUT2D eigenvalue weighted by Gasteiger charge is 2.33. The largest absolute Gasteiger partial charge is 0.491 e. The molecule has 0 fully saturated rings. The fourth-order valence-corrected chi connectivity index (χ4v) is 2.35. The smallest absolute Gasteiger partial charge is 0.341 e. The molecule has 8 heteroatoms. The highest BCUT2D eigenvalue weighted by molar-refractivity contribution is 5.97. The molecule has 1 aromatic heterocycles. The van der Waals surface area contributed by atoms with Crippen molar-refractivity contribution in [2.24, 2.45) is 0 Å². The van der Waals surface area contributed by atoms with Crippen LogP contribution in [0.2, 0.25) is 0 Å². The van der Waals surface area contributed by atoms with Crippen molar-refractivity contribution >= 4 is 11.9 Å². The van der Waals surface area contributed by atoms with Crippen molar-refractivity contribution in [1.82, 2.24) is 9.47 Å². The van der Waals surface area contributed by atoms with Crippen LogP contribution in [0.4, 0.5) is 0 Å². The maximum Gasteiger partial charge on any atom is 0.341 e. The van der Waals surface area contributed by atoms with Crippen LogP contribution in [-0.4, -0.2) is 57.9 Å². The quantitative estimate of drug-likeness (QED) is 0.767. The molecule has 0 radical (unpaired) electrons. The van der Waals surface area contributed by atoms with Crippen molar-refractivity contribution in [3.63, 3.8) is 0 Å². The number of hydrogen-bond acceptors (Lipinski definition) is 5. The van der Waals surface area contributed by atoms with Gasteiger partial charge in [-0.3, -0.25) is 9.59 Å². The van der Waals surface area contributed by atoms with Gasteiger partial charge in [0.25, 0.3) is 5.91 Å². The number of ether oxygens (including phenoxy) is 1. The van der Waals surface area contributed by atoms with Crippen LogP contribution in [0.3, 0.4) is 0 Å². The van der Waals surface area contributed by atoms with Crippen molar-refractivity contribution in [2.45, 2.75) is 19.5 Å². The maximum absolute atomic E-state index is 12.5. The number of carbonyl (C=O) groups excluding carboxylic acids is 1. The number of carboxylic acids is 1. The summed E-state index contributed by atoms with van der Waals surface area (Å²) in [6.07, 6.45) is 1.15. The van der Waals surface area contributed by atoms with Crippen LogP contribution < -0.4 is 10.2 Å². The van der Waals surface area contributed by atoms with Gasteiger partial charge in [-0.1, -0.05) is 0 Å². The average molecular weight is 296 g/mol. The van der Waals surface area contributed by atoms with E-state index >= 15 is 0 Å². The van der Waals surface area contributed by atoms with Crippen molar-refractivity contribution in [3.8, 4) is 5.75 Å². The van der Waals surface area contributed by atoms with Gasteiger partial charge in [-0.2, -0.15) is 0 Å². The molecule has 2 rings (SSSR count). The second-order valence-electron chi connectivity index (χ2n) is 4.78. The van der Waals surface area contributed by atoms with Gasteiger partial charge in [0.2, 0.25) is 5.43 Å². The Morgan fingerprint density at radius 1 is 1.43 bits per heavy atom. The molecule has 21 heavy (non-hydrogen) atoms. The molecule has 1 amide bonds. The first-order chi connectivity index (χ1) is 9.92. The monoisotopic (exact) mass is 296 g/mol. The van der Waals surface area contributed by atoms with E-state index in [0.717, 1.165) is 6.20 Å². The average Bonchev–Trinajstić information content (AvgIpc) is 2.46. The molecule has 0 unspecified atom stereocenters. The van der Waals surface area contributed by atoms with Gasteiger partial charge in [-0.05, 0) is 6.92 Å². The number of aliphatic hydroxyl groups excluding tert-OH is 1. The van der Waals surface area contributed by atoms with E-state index in [1.54, 1.807) is 6.92 Å². The standard InChI is InChI=1S/C13H16N2O6/c1-7(6-16)15-4-3-14-5-8(13(19)20)10(17)11(21-2)9(14)12(15)18/h5,7,16H,3-4,6H2,1-2H3,(H,19,20)/t7-/m0/s1. The number of nitrogens with zero attached hydrogens (tertiary/aromatic N) is 2. The predicted molar refractivity (Wildman–Crippen MR) is 71.8 cm³/mol. The summed E-state index contributed by atoms with van der Waals surface area (Å²) in [7, 11) is 1.21. The summed E-state index contributed by atoms with van der Waals surface area (Å²) in [5.41, 5.74) is -1.26. The molecule has 0 aromatic carbocycles. The van der Waals surface area contributed by atoms with Crippen LogP contribution in [0.5, 0.6) is 5.75 Å². The minimum atomic E-state index is -1.37. The summed E-state index contributed by atoms with van der Waals surface area (Å²) in [5.74, 6) is -2.12. The molecule has 8 nitrogen and oxygen atoms in total. The maximum atomic E-state index is 12.5. The zero-order chi connectivity index (χ0) is 15.7. The lowest BCUT2D eigenvalue weighted by Gasteiger charge is -2.34. The third-order valence-corrected chi connectivity index (χ3v) is 3.51. The van der Waals surface area contributed by atoms with E-state index in [1.165, 1.54) is 16.6 Å². The molecular weight excluding hydrogens is 280 g/mol. The number of carbonyl (C=O) groups is 2. The van der Waals surface area contributed by atoms with E-state index in [1.807, 2.05) is 0 Å². The van der Waals surface area contributed by atoms with E-state index in [2.05, 4.69) is 0 Å². The number of pyridine rings is 1. The Bertz CT molecular complexity index is 651. The van der Waals surface area contributed by atoms with Gasteiger partial charge in [0.15, 0.2) is 11.4 Å². The van der Waals surface area contributed by atoms with Gasteiger partial charge < -0.3 is 24.4 Å². The Hall–Kier alpha value is -2.35. The fourth-order valence-electron chi connectivity index (χ4n) is 2.35. The SMILES string of the molecule is COc1c2n(cc(C(=O)O)c1=O)CCN([C@@H](C)CO)C2=O. The van der Waals surface area contributed by atoms with Gasteiger partial charge in [-0.15, -0.1) is 0 Å². The fraction of sp³-hybridized carbons (Fsp3) is 0.462. The molecular formula is C13H16N2O6. The normalized spacial score (nSPS) is 15.6. The lowest BCUT2D eigenvalue weighted by Crippen LogP contribution is -2.48. The van der Waals surface area contributed by atoms with E-state index in [9.17, 15) is 19.5 Å². The van der Waals surface area contributed by atoms with Crippen LogP contribution >= 0.6 is 0 Å². The van der Waals surface area contributed by atoms with E-state index < -0.39 is 28.9 Å². The Kier molecular flexibility index (Phi) is 3.99. The van der Waals surface area contributed by atoms with Crippen LogP contribution in [-0.2, 0) is 6.54 Å². The third kappa shape index (κ3) is 2.38. The van der Waals surface area contributed by atoms with Gasteiger partial charge in [-0.25, -0.2) is 4.79 Å². The van der Waals surface area contributed by atoms with Gasteiger partial charge in [0, 0.05) is 19.3 Å². The Labute approximate surface area is 120 Å². The minimum Gasteiger partial charge on any atom is -0.491 e. The van der Waals surface area contributed by atoms with E-state index in [4.69, 9.17) is 9.84 Å². The molecule has 114 valence electrons. The molecule has 0 aliphatic carbocycles. The molecule has 1 aliphatic rings. The number of fused-ring (bicyclic) bond motifs is 1.